The number of carbonyl (C=O) groups excluding carboxylic acids is 2. The predicted octanol–water partition coefficient (Wildman–Crippen LogP) is 1.10. The zero-order valence-corrected chi connectivity index (χ0v) is 10.6. The molecular formula is C10H18F3N3O2. The second kappa shape index (κ2) is 7.07. The minimum atomic E-state index is -4.46. The second-order valence-corrected chi connectivity index (χ2v) is 4.01. The third-order valence-corrected chi connectivity index (χ3v) is 1.89. The minimum absolute atomic E-state index is 0.0885. The number of halogens is 3. The fourth-order valence-corrected chi connectivity index (χ4v) is 1.16. The van der Waals surface area contributed by atoms with Crippen LogP contribution in [0.5, 0.6) is 0 Å². The van der Waals surface area contributed by atoms with Gasteiger partial charge >= 0.3 is 12.2 Å². The van der Waals surface area contributed by atoms with Crippen molar-refractivity contribution in [3.63, 3.8) is 0 Å². The molecule has 0 saturated carbocycles. The molecule has 2 N–H and O–H groups in total. The fraction of sp³-hybridized carbons (Fsp3) is 0.800. The first-order valence-electron chi connectivity index (χ1n) is 5.54. The smallest absolute Gasteiger partial charge is 0.352 e. The summed E-state index contributed by atoms with van der Waals surface area (Å²) >= 11 is 0. The van der Waals surface area contributed by atoms with Crippen molar-refractivity contribution in [2.45, 2.75) is 33.0 Å². The van der Waals surface area contributed by atoms with Gasteiger partial charge in [-0.3, -0.25) is 4.79 Å². The molecule has 0 rings (SSSR count). The van der Waals surface area contributed by atoms with Gasteiger partial charge in [0.15, 0.2) is 0 Å². The molecule has 0 bridgehead atoms. The summed E-state index contributed by atoms with van der Waals surface area (Å²) in [5.41, 5.74) is 0. The zero-order valence-electron chi connectivity index (χ0n) is 10.6. The van der Waals surface area contributed by atoms with E-state index in [0.717, 1.165) is 4.90 Å². The Hall–Kier alpha value is -1.47. The molecule has 0 unspecified atom stereocenters. The summed E-state index contributed by atoms with van der Waals surface area (Å²) in [6.45, 7) is 3.55. The van der Waals surface area contributed by atoms with Crippen molar-refractivity contribution in [1.82, 2.24) is 15.5 Å². The average Bonchev–Trinajstić information content (AvgIpc) is 2.20. The summed E-state index contributed by atoms with van der Waals surface area (Å²) in [6, 6.07) is -0.997. The van der Waals surface area contributed by atoms with Gasteiger partial charge in [-0.2, -0.15) is 13.2 Å². The van der Waals surface area contributed by atoms with Crippen LogP contribution in [0.4, 0.5) is 18.0 Å². The summed E-state index contributed by atoms with van der Waals surface area (Å²) < 4.78 is 35.7. The molecule has 106 valence electrons. The van der Waals surface area contributed by atoms with Crippen LogP contribution in [0, 0.1) is 0 Å². The molecule has 18 heavy (non-hydrogen) atoms. The minimum Gasteiger partial charge on any atom is -0.352 e. The first-order valence-corrected chi connectivity index (χ1v) is 5.54. The summed E-state index contributed by atoms with van der Waals surface area (Å²) in [7, 11) is 0. The third-order valence-electron chi connectivity index (χ3n) is 1.89. The van der Waals surface area contributed by atoms with Gasteiger partial charge in [0.2, 0.25) is 5.91 Å². The van der Waals surface area contributed by atoms with Crippen molar-refractivity contribution in [3.8, 4) is 0 Å². The number of carbonyl (C=O) groups is 2. The Kier molecular flexibility index (Phi) is 6.50. The van der Waals surface area contributed by atoms with Crippen LogP contribution in [-0.4, -0.2) is 48.7 Å². The van der Waals surface area contributed by atoms with E-state index in [-0.39, 0.29) is 19.1 Å². The Morgan fingerprint density at radius 1 is 1.28 bits per heavy atom. The van der Waals surface area contributed by atoms with Gasteiger partial charge in [-0.15, -0.1) is 0 Å². The highest BCUT2D eigenvalue weighted by atomic mass is 19.4. The molecule has 0 spiro atoms. The molecule has 0 aliphatic rings. The number of alkyl halides is 3. The zero-order chi connectivity index (χ0) is 14.3. The molecule has 0 aromatic heterocycles. The SMILES string of the molecule is CCN(CC(=O)NC(C)C)C(=O)NCC(F)(F)F. The number of nitrogens with zero attached hydrogens (tertiary/aromatic N) is 1. The first-order chi connectivity index (χ1) is 8.15. The Morgan fingerprint density at radius 2 is 1.83 bits per heavy atom. The molecule has 0 fully saturated rings. The van der Waals surface area contributed by atoms with Gasteiger partial charge < -0.3 is 15.5 Å². The molecule has 0 aromatic rings. The molecule has 0 aromatic carbocycles. The number of likely N-dealkylation sites (N-methyl/N-ethyl adjacent to an activating group) is 1. The van der Waals surface area contributed by atoms with Crippen molar-refractivity contribution in [1.29, 1.82) is 0 Å². The van der Waals surface area contributed by atoms with E-state index in [1.807, 2.05) is 0 Å². The maximum atomic E-state index is 11.9. The second-order valence-electron chi connectivity index (χ2n) is 4.01. The van der Waals surface area contributed by atoms with E-state index in [0.29, 0.717) is 0 Å². The quantitative estimate of drug-likeness (QED) is 0.785. The van der Waals surface area contributed by atoms with E-state index in [1.54, 1.807) is 26.1 Å². The molecule has 8 heteroatoms. The van der Waals surface area contributed by atoms with Gasteiger partial charge in [0.25, 0.3) is 0 Å². The Labute approximate surface area is 104 Å². The lowest BCUT2D eigenvalue weighted by atomic mass is 10.4. The first kappa shape index (κ1) is 16.5. The van der Waals surface area contributed by atoms with Crippen molar-refractivity contribution in [3.05, 3.63) is 0 Å². The normalized spacial score (nSPS) is 11.3. The van der Waals surface area contributed by atoms with Crippen LogP contribution in [0.1, 0.15) is 20.8 Å². The molecule has 0 heterocycles. The number of hydrogen-bond acceptors (Lipinski definition) is 2. The van der Waals surface area contributed by atoms with Crippen LogP contribution in [0.25, 0.3) is 0 Å². The molecule has 0 aliphatic heterocycles. The van der Waals surface area contributed by atoms with Gasteiger partial charge in [0, 0.05) is 12.6 Å². The van der Waals surface area contributed by atoms with E-state index >= 15 is 0 Å². The summed E-state index contributed by atoms with van der Waals surface area (Å²) in [4.78, 5) is 23.8. The van der Waals surface area contributed by atoms with Crippen LogP contribution < -0.4 is 10.6 Å². The van der Waals surface area contributed by atoms with Gasteiger partial charge in [0.1, 0.15) is 13.1 Å². The van der Waals surface area contributed by atoms with Gasteiger partial charge in [-0.05, 0) is 20.8 Å². The van der Waals surface area contributed by atoms with E-state index < -0.39 is 24.7 Å². The van der Waals surface area contributed by atoms with Crippen molar-refractivity contribution in [2.24, 2.45) is 0 Å². The maximum Gasteiger partial charge on any atom is 0.405 e. The molecule has 5 nitrogen and oxygen atoms in total. The van der Waals surface area contributed by atoms with E-state index in [2.05, 4.69) is 5.32 Å². The third kappa shape index (κ3) is 7.75. The fourth-order valence-electron chi connectivity index (χ4n) is 1.16. The lowest BCUT2D eigenvalue weighted by Crippen LogP contribution is -2.48. The highest BCUT2D eigenvalue weighted by Gasteiger charge is 2.28. The van der Waals surface area contributed by atoms with Crippen LogP contribution >= 0.6 is 0 Å². The number of rotatable bonds is 5. The average molecular weight is 269 g/mol. The summed E-state index contributed by atoms with van der Waals surface area (Å²) in [5.74, 6) is -0.408. The number of amides is 3. The lowest BCUT2D eigenvalue weighted by Gasteiger charge is -2.21. The van der Waals surface area contributed by atoms with Crippen molar-refractivity contribution < 1.29 is 22.8 Å². The topological polar surface area (TPSA) is 61.4 Å². The van der Waals surface area contributed by atoms with Gasteiger partial charge in [-0.25, -0.2) is 4.79 Å². The standard InChI is InChI=1S/C10H18F3N3O2/c1-4-16(5-8(17)15-7(2)3)9(18)14-6-10(11,12)13/h7H,4-6H2,1-3H3,(H,14,18)(H,15,17). The lowest BCUT2D eigenvalue weighted by molar-refractivity contribution is -0.123. The highest BCUT2D eigenvalue weighted by molar-refractivity contribution is 5.84. The van der Waals surface area contributed by atoms with Crippen LogP contribution in [0.3, 0.4) is 0 Å². The molecule has 0 atom stereocenters. The Balaban J connectivity index is 4.24. The number of urea groups is 1. The van der Waals surface area contributed by atoms with Crippen molar-refractivity contribution >= 4 is 11.9 Å². The largest absolute Gasteiger partial charge is 0.405 e. The van der Waals surface area contributed by atoms with Crippen molar-refractivity contribution in [2.75, 3.05) is 19.6 Å². The van der Waals surface area contributed by atoms with E-state index in [9.17, 15) is 22.8 Å². The van der Waals surface area contributed by atoms with Crippen LogP contribution in [-0.2, 0) is 4.79 Å². The Morgan fingerprint density at radius 3 is 2.22 bits per heavy atom. The van der Waals surface area contributed by atoms with Gasteiger partial charge in [0.05, 0.1) is 0 Å². The molecule has 0 saturated heterocycles. The van der Waals surface area contributed by atoms with Crippen LogP contribution in [0.15, 0.2) is 0 Å². The number of nitrogens with one attached hydrogen (secondary N) is 2. The molecule has 0 aliphatic carbocycles. The maximum absolute atomic E-state index is 11.9. The molecule has 0 radical (unpaired) electrons. The van der Waals surface area contributed by atoms with E-state index in [1.165, 1.54) is 0 Å². The van der Waals surface area contributed by atoms with Gasteiger partial charge in [-0.1, -0.05) is 0 Å². The van der Waals surface area contributed by atoms with E-state index in [4.69, 9.17) is 0 Å². The molecular weight excluding hydrogens is 251 g/mol. The summed E-state index contributed by atoms with van der Waals surface area (Å²) in [5, 5.41) is 4.27. The monoisotopic (exact) mass is 269 g/mol. The highest BCUT2D eigenvalue weighted by Crippen LogP contribution is 2.12. The Bertz CT molecular complexity index is 293. The van der Waals surface area contributed by atoms with Crippen LogP contribution in [0.2, 0.25) is 0 Å². The number of hydrogen-bond donors (Lipinski definition) is 2. The predicted molar refractivity (Wildman–Crippen MR) is 60.0 cm³/mol. The molecule has 3 amide bonds. The summed E-state index contributed by atoms with van der Waals surface area (Å²) in [6.07, 6.45) is -4.46.